The number of halogens is 5. The first-order chi connectivity index (χ1) is 17.3. The Bertz CT molecular complexity index is 1330. The molecule has 4 rings (SSSR count). The molecule has 0 fully saturated rings. The predicted octanol–water partition coefficient (Wildman–Crippen LogP) is 5.05. The smallest absolute Gasteiger partial charge is 0.243 e. The van der Waals surface area contributed by atoms with Crippen LogP contribution >= 0.6 is 46.4 Å². The minimum Gasteiger partial charge on any atom is -1.00 e. The molecule has 0 aliphatic carbocycles. The van der Waals surface area contributed by atoms with Gasteiger partial charge in [-0.3, -0.25) is 0 Å². The van der Waals surface area contributed by atoms with Gasteiger partial charge in [0.25, 0.3) is 0 Å². The molecule has 1 heterocycles. The van der Waals surface area contributed by atoms with Crippen LogP contribution in [0.1, 0.15) is 28.4 Å². The predicted molar refractivity (Wildman–Crippen MR) is 146 cm³/mol. The van der Waals surface area contributed by atoms with Crippen LogP contribution in [0.2, 0.25) is 20.1 Å². The molecule has 0 spiro atoms. The van der Waals surface area contributed by atoms with Gasteiger partial charge in [0.05, 0.1) is 6.61 Å². The van der Waals surface area contributed by atoms with E-state index in [0.29, 0.717) is 46.4 Å². The molecule has 9 heteroatoms. The fourth-order valence-electron chi connectivity index (χ4n) is 3.98. The van der Waals surface area contributed by atoms with Gasteiger partial charge in [0, 0.05) is 25.7 Å². The SMILES string of the molecule is Cc1cccc(C)c1OCCn1cc[n+](CC(OCc2ccc(Cl)cc2Cl)c2ccc(Cl)cc2Cl)c1.[Br-]. The Morgan fingerprint density at radius 3 is 2.24 bits per heavy atom. The van der Waals surface area contributed by atoms with Crippen molar-refractivity contribution in [3.63, 3.8) is 0 Å². The van der Waals surface area contributed by atoms with E-state index in [1.165, 1.54) is 0 Å². The van der Waals surface area contributed by atoms with Crippen molar-refractivity contribution >= 4 is 46.4 Å². The van der Waals surface area contributed by atoms with Crippen molar-refractivity contribution < 1.29 is 31.0 Å². The van der Waals surface area contributed by atoms with E-state index in [9.17, 15) is 0 Å². The van der Waals surface area contributed by atoms with Crippen molar-refractivity contribution in [3.05, 3.63) is 116 Å². The van der Waals surface area contributed by atoms with Crippen LogP contribution in [-0.2, 0) is 24.4 Å². The zero-order valence-electron chi connectivity index (χ0n) is 20.4. The van der Waals surface area contributed by atoms with Gasteiger partial charge in [-0.2, -0.15) is 0 Å². The van der Waals surface area contributed by atoms with E-state index in [1.807, 2.05) is 43.0 Å². The summed E-state index contributed by atoms with van der Waals surface area (Å²) in [5.41, 5.74) is 3.98. The van der Waals surface area contributed by atoms with Crippen LogP contribution in [0.15, 0.2) is 73.3 Å². The van der Waals surface area contributed by atoms with Gasteiger partial charge in [-0.25, -0.2) is 9.13 Å². The molecule has 0 saturated heterocycles. The maximum atomic E-state index is 6.54. The number of aromatic nitrogens is 2. The van der Waals surface area contributed by atoms with E-state index in [4.69, 9.17) is 55.9 Å². The van der Waals surface area contributed by atoms with Crippen LogP contribution in [0.3, 0.4) is 0 Å². The number of para-hydroxylation sites is 1. The molecule has 0 aliphatic heterocycles. The Morgan fingerprint density at radius 2 is 1.57 bits per heavy atom. The number of rotatable bonds is 10. The first-order valence-electron chi connectivity index (χ1n) is 11.5. The summed E-state index contributed by atoms with van der Waals surface area (Å²) in [6.07, 6.45) is 5.73. The Balaban J connectivity index is 0.00000380. The van der Waals surface area contributed by atoms with E-state index < -0.39 is 0 Å². The highest BCUT2D eigenvalue weighted by Gasteiger charge is 2.20. The molecule has 4 nitrogen and oxygen atoms in total. The Kier molecular flexibility index (Phi) is 11.2. The molecular weight excluding hydrogens is 618 g/mol. The van der Waals surface area contributed by atoms with E-state index >= 15 is 0 Å². The molecule has 1 unspecified atom stereocenters. The quantitative estimate of drug-likeness (QED) is 0.226. The number of hydrogen-bond acceptors (Lipinski definition) is 2. The van der Waals surface area contributed by atoms with E-state index in [0.717, 1.165) is 28.0 Å². The second kappa shape index (κ2) is 13.9. The fraction of sp³-hybridized carbons (Fsp3) is 0.250. The first-order valence-corrected chi connectivity index (χ1v) is 13.1. The average molecular weight is 645 g/mol. The van der Waals surface area contributed by atoms with Crippen molar-refractivity contribution in [3.8, 4) is 5.75 Å². The molecule has 4 aromatic rings. The lowest BCUT2D eigenvalue weighted by Gasteiger charge is -2.19. The van der Waals surface area contributed by atoms with Gasteiger partial charge in [0.1, 0.15) is 43.9 Å². The van der Waals surface area contributed by atoms with Crippen molar-refractivity contribution in [2.75, 3.05) is 6.61 Å². The van der Waals surface area contributed by atoms with Crippen LogP contribution in [0.5, 0.6) is 5.75 Å². The largest absolute Gasteiger partial charge is 1.00 e. The Labute approximate surface area is 248 Å². The van der Waals surface area contributed by atoms with Crippen LogP contribution < -0.4 is 26.3 Å². The maximum Gasteiger partial charge on any atom is 0.243 e. The molecule has 1 aromatic heterocycles. The van der Waals surface area contributed by atoms with Crippen molar-refractivity contribution in [1.82, 2.24) is 4.57 Å². The number of ether oxygens (including phenoxy) is 2. The van der Waals surface area contributed by atoms with Crippen molar-refractivity contribution in [2.24, 2.45) is 0 Å². The molecule has 37 heavy (non-hydrogen) atoms. The zero-order chi connectivity index (χ0) is 25.7. The summed E-state index contributed by atoms with van der Waals surface area (Å²) in [5.74, 6) is 0.948. The van der Waals surface area contributed by atoms with Gasteiger partial charge in [-0.05, 0) is 54.8 Å². The van der Waals surface area contributed by atoms with Gasteiger partial charge in [-0.1, -0.05) is 76.7 Å². The molecule has 0 radical (unpaired) electrons. The summed E-state index contributed by atoms with van der Waals surface area (Å²) < 4.78 is 16.5. The van der Waals surface area contributed by atoms with Crippen molar-refractivity contribution in [2.45, 2.75) is 39.6 Å². The minimum atomic E-state index is -0.326. The van der Waals surface area contributed by atoms with E-state index in [-0.39, 0.29) is 23.1 Å². The lowest BCUT2D eigenvalue weighted by atomic mass is 10.1. The van der Waals surface area contributed by atoms with Gasteiger partial charge in [-0.15, -0.1) is 0 Å². The van der Waals surface area contributed by atoms with E-state index in [2.05, 4.69) is 35.1 Å². The van der Waals surface area contributed by atoms with Crippen LogP contribution in [-0.4, -0.2) is 11.2 Å². The number of nitrogens with zero attached hydrogens (tertiary/aromatic N) is 2. The molecule has 0 amide bonds. The monoisotopic (exact) mass is 642 g/mol. The highest BCUT2D eigenvalue weighted by Crippen LogP contribution is 2.31. The molecule has 0 aliphatic rings. The molecule has 196 valence electrons. The summed E-state index contributed by atoms with van der Waals surface area (Å²) in [4.78, 5) is 0. The molecule has 1 atom stereocenters. The third kappa shape index (κ3) is 8.13. The molecule has 0 saturated carbocycles. The van der Waals surface area contributed by atoms with Crippen LogP contribution in [0, 0.1) is 13.8 Å². The average Bonchev–Trinajstić information content (AvgIpc) is 3.27. The molecular formula is C28H27BrCl4N2O2. The van der Waals surface area contributed by atoms with Crippen molar-refractivity contribution in [1.29, 1.82) is 0 Å². The number of hydrogen-bond donors (Lipinski definition) is 0. The maximum absolute atomic E-state index is 6.54. The molecule has 3 aromatic carbocycles. The number of aryl methyl sites for hydroxylation is 2. The normalized spacial score (nSPS) is 11.7. The van der Waals surface area contributed by atoms with Gasteiger partial charge < -0.3 is 26.5 Å². The standard InChI is InChI=1S/C28H27Cl4N2O2.BrH/c1-19-4-3-5-20(2)28(19)35-13-12-33-10-11-34(18-33)16-27(24-9-8-23(30)15-26(24)32)36-17-21-6-7-22(29)14-25(21)31;/h3-11,14-15,18,27H,12-13,16-17H2,1-2H3;1H/q+1;/p-1. The summed E-state index contributed by atoms with van der Waals surface area (Å²) >= 11 is 25.1. The van der Waals surface area contributed by atoms with Crippen LogP contribution in [0.4, 0.5) is 0 Å². The number of imidazole rings is 1. The van der Waals surface area contributed by atoms with Gasteiger partial charge in [0.15, 0.2) is 0 Å². The summed E-state index contributed by atoms with van der Waals surface area (Å²) in [5, 5.41) is 2.27. The number of benzene rings is 3. The van der Waals surface area contributed by atoms with E-state index in [1.54, 1.807) is 18.2 Å². The van der Waals surface area contributed by atoms with Gasteiger partial charge in [0.2, 0.25) is 6.33 Å². The second-order valence-corrected chi connectivity index (χ2v) is 10.3. The summed E-state index contributed by atoms with van der Waals surface area (Å²) in [7, 11) is 0. The summed E-state index contributed by atoms with van der Waals surface area (Å²) in [6, 6.07) is 17.0. The Hall–Kier alpha value is -1.73. The molecule has 0 bridgehead atoms. The third-order valence-corrected chi connectivity index (χ3v) is 7.04. The highest BCUT2D eigenvalue weighted by atomic mass is 79.9. The lowest BCUT2D eigenvalue weighted by molar-refractivity contribution is -0.704. The Morgan fingerprint density at radius 1 is 0.892 bits per heavy atom. The lowest BCUT2D eigenvalue weighted by Crippen LogP contribution is -3.00. The van der Waals surface area contributed by atoms with Crippen LogP contribution in [0.25, 0.3) is 0 Å². The second-order valence-electron chi connectivity index (χ2n) is 8.62. The topological polar surface area (TPSA) is 27.3 Å². The first kappa shape index (κ1) is 29.8. The highest BCUT2D eigenvalue weighted by molar-refractivity contribution is 6.35. The fourth-order valence-corrected chi connectivity index (χ4v) is 4.98. The van der Waals surface area contributed by atoms with Gasteiger partial charge >= 0.3 is 0 Å². The third-order valence-electron chi connectivity index (χ3n) is 5.89. The molecule has 0 N–H and O–H groups in total. The summed E-state index contributed by atoms with van der Waals surface area (Å²) in [6.45, 7) is 6.27. The zero-order valence-corrected chi connectivity index (χ0v) is 25.0. The minimum absolute atomic E-state index is 0.